The number of sulfonamides is 1. The molecule has 1 heterocycles. The van der Waals surface area contributed by atoms with Crippen LogP contribution in [0.4, 0.5) is 21.7 Å². The van der Waals surface area contributed by atoms with Crippen LogP contribution in [0.1, 0.15) is 11.1 Å². The molecule has 1 aromatic heterocycles. The van der Waals surface area contributed by atoms with Gasteiger partial charge in [-0.05, 0) is 55.8 Å². The fourth-order valence-electron chi connectivity index (χ4n) is 2.87. The molecule has 8 heteroatoms. The zero-order chi connectivity index (χ0) is 21.3. The van der Waals surface area contributed by atoms with Crippen molar-refractivity contribution in [3.8, 4) is 0 Å². The number of rotatable bonds is 5. The van der Waals surface area contributed by atoms with Gasteiger partial charge in [0.05, 0.1) is 15.9 Å². The minimum absolute atomic E-state index is 0.0234. The van der Waals surface area contributed by atoms with E-state index in [1.54, 1.807) is 49.4 Å². The number of aromatic nitrogens is 2. The molecule has 4 aromatic rings. The second-order valence-electron chi connectivity index (χ2n) is 6.92. The van der Waals surface area contributed by atoms with E-state index >= 15 is 0 Å². The molecule has 30 heavy (non-hydrogen) atoms. The lowest BCUT2D eigenvalue weighted by molar-refractivity contribution is 0.601. The smallest absolute Gasteiger partial charge is 0.263 e. The van der Waals surface area contributed by atoms with Crippen LogP contribution in [0.5, 0.6) is 0 Å². The first-order chi connectivity index (χ1) is 14.3. The Labute approximate surface area is 173 Å². The Morgan fingerprint density at radius 1 is 0.833 bits per heavy atom. The molecule has 0 unspecified atom stereocenters. The molecule has 0 atom stereocenters. The molecule has 2 N–H and O–H groups in total. The number of anilines is 3. The molecule has 0 radical (unpaired) electrons. The summed E-state index contributed by atoms with van der Waals surface area (Å²) in [5, 5.41) is 2.98. The highest BCUT2D eigenvalue weighted by Gasteiger charge is 2.19. The second-order valence-corrected chi connectivity index (χ2v) is 8.60. The lowest BCUT2D eigenvalue weighted by Crippen LogP contribution is -2.16. The van der Waals surface area contributed by atoms with Gasteiger partial charge in [-0.2, -0.15) is 0 Å². The Morgan fingerprint density at radius 3 is 2.10 bits per heavy atom. The number of aryl methyl sites for hydroxylation is 2. The first-order valence-electron chi connectivity index (χ1n) is 9.21. The zero-order valence-corrected chi connectivity index (χ0v) is 17.2. The van der Waals surface area contributed by atoms with Gasteiger partial charge in [0.25, 0.3) is 10.0 Å². The van der Waals surface area contributed by atoms with Crippen LogP contribution in [0.15, 0.2) is 71.6 Å². The summed E-state index contributed by atoms with van der Waals surface area (Å²) in [6.07, 6.45) is 0. The molecule has 3 aromatic carbocycles. The number of para-hydroxylation sites is 2. The van der Waals surface area contributed by atoms with Gasteiger partial charge in [0.1, 0.15) is 5.82 Å². The molecule has 4 rings (SSSR count). The van der Waals surface area contributed by atoms with Crippen LogP contribution in [-0.4, -0.2) is 18.4 Å². The maximum absolute atomic E-state index is 14.0. The van der Waals surface area contributed by atoms with Gasteiger partial charge in [0.15, 0.2) is 11.6 Å². The topological polar surface area (TPSA) is 84.0 Å². The normalized spacial score (nSPS) is 11.4. The third-order valence-corrected chi connectivity index (χ3v) is 5.92. The van der Waals surface area contributed by atoms with Crippen LogP contribution in [0.25, 0.3) is 11.0 Å². The van der Waals surface area contributed by atoms with Crippen molar-refractivity contribution in [1.82, 2.24) is 9.97 Å². The number of fused-ring (bicyclic) bond motifs is 1. The lowest BCUT2D eigenvalue weighted by atomic mass is 10.2. The van der Waals surface area contributed by atoms with E-state index in [0.29, 0.717) is 22.3 Å². The predicted octanol–water partition coefficient (Wildman–Crippen LogP) is 4.93. The predicted molar refractivity (Wildman–Crippen MR) is 116 cm³/mol. The molecule has 0 fully saturated rings. The molecule has 0 bridgehead atoms. The average Bonchev–Trinajstić information content (AvgIpc) is 2.71. The third kappa shape index (κ3) is 4.08. The van der Waals surface area contributed by atoms with Crippen molar-refractivity contribution >= 4 is 38.4 Å². The average molecular weight is 422 g/mol. The van der Waals surface area contributed by atoms with E-state index in [0.717, 1.165) is 5.56 Å². The Hall–Kier alpha value is -3.52. The lowest BCUT2D eigenvalue weighted by Gasteiger charge is -2.14. The summed E-state index contributed by atoms with van der Waals surface area (Å²) in [6.45, 7) is 3.54. The van der Waals surface area contributed by atoms with Gasteiger partial charge in [0, 0.05) is 5.69 Å². The Balaban J connectivity index is 1.78. The van der Waals surface area contributed by atoms with E-state index in [2.05, 4.69) is 20.0 Å². The van der Waals surface area contributed by atoms with Crippen LogP contribution < -0.4 is 10.0 Å². The number of nitrogens with zero attached hydrogens (tertiary/aromatic N) is 2. The molecule has 0 aliphatic heterocycles. The standard InChI is InChI=1S/C22H19FN4O2S/c1-14-7-11-17(12-8-14)30(28,29)27-22-21(24-16-10-9-15(2)18(23)13-16)25-19-5-3-4-6-20(19)26-22/h3-13H,1-2H3,(H,24,25)(H,26,27). The molecular weight excluding hydrogens is 403 g/mol. The number of hydrogen-bond acceptors (Lipinski definition) is 5. The van der Waals surface area contributed by atoms with Gasteiger partial charge in [0.2, 0.25) is 0 Å². The molecule has 0 spiro atoms. The Morgan fingerprint density at radius 2 is 1.47 bits per heavy atom. The number of hydrogen-bond donors (Lipinski definition) is 2. The number of nitrogens with one attached hydrogen (secondary N) is 2. The molecular formula is C22H19FN4O2S. The fraction of sp³-hybridized carbons (Fsp3) is 0.0909. The van der Waals surface area contributed by atoms with Gasteiger partial charge in [-0.3, -0.25) is 4.72 Å². The monoisotopic (exact) mass is 422 g/mol. The third-order valence-electron chi connectivity index (χ3n) is 4.57. The van der Waals surface area contributed by atoms with Crippen molar-refractivity contribution in [3.05, 3.63) is 83.7 Å². The van der Waals surface area contributed by atoms with E-state index in [9.17, 15) is 12.8 Å². The maximum Gasteiger partial charge on any atom is 0.263 e. The SMILES string of the molecule is Cc1ccc(S(=O)(=O)Nc2nc3ccccc3nc2Nc2ccc(C)c(F)c2)cc1. The molecule has 0 aliphatic rings. The van der Waals surface area contributed by atoms with Crippen molar-refractivity contribution in [2.75, 3.05) is 10.0 Å². The first kappa shape index (κ1) is 19.8. The molecule has 0 amide bonds. The highest BCUT2D eigenvalue weighted by Crippen LogP contribution is 2.27. The van der Waals surface area contributed by atoms with Crippen molar-refractivity contribution < 1.29 is 12.8 Å². The number of benzene rings is 3. The Kier molecular flexibility index (Phi) is 5.09. The van der Waals surface area contributed by atoms with Crippen LogP contribution in [0, 0.1) is 19.7 Å². The molecule has 0 saturated heterocycles. The minimum Gasteiger partial charge on any atom is -0.337 e. The van der Waals surface area contributed by atoms with Crippen LogP contribution >= 0.6 is 0 Å². The number of halogens is 1. The van der Waals surface area contributed by atoms with Crippen molar-refractivity contribution in [2.24, 2.45) is 0 Å². The van der Waals surface area contributed by atoms with E-state index in [4.69, 9.17) is 0 Å². The quantitative estimate of drug-likeness (QED) is 0.476. The summed E-state index contributed by atoms with van der Waals surface area (Å²) >= 11 is 0. The van der Waals surface area contributed by atoms with Crippen LogP contribution in [0.2, 0.25) is 0 Å². The van der Waals surface area contributed by atoms with Gasteiger partial charge in [-0.25, -0.2) is 22.8 Å². The van der Waals surface area contributed by atoms with Gasteiger partial charge < -0.3 is 5.32 Å². The largest absolute Gasteiger partial charge is 0.337 e. The summed E-state index contributed by atoms with van der Waals surface area (Å²) in [7, 11) is -3.89. The Bertz CT molecular complexity index is 1340. The minimum atomic E-state index is -3.89. The van der Waals surface area contributed by atoms with E-state index in [1.165, 1.54) is 18.2 Å². The van der Waals surface area contributed by atoms with E-state index < -0.39 is 10.0 Å². The highest BCUT2D eigenvalue weighted by atomic mass is 32.2. The van der Waals surface area contributed by atoms with Crippen molar-refractivity contribution in [1.29, 1.82) is 0 Å². The van der Waals surface area contributed by atoms with Gasteiger partial charge >= 0.3 is 0 Å². The molecule has 0 aliphatic carbocycles. The second kappa shape index (κ2) is 7.72. The van der Waals surface area contributed by atoms with Crippen molar-refractivity contribution in [3.63, 3.8) is 0 Å². The summed E-state index contributed by atoms with van der Waals surface area (Å²) in [4.78, 5) is 9.03. The summed E-state index contributed by atoms with van der Waals surface area (Å²) < 4.78 is 42.2. The summed E-state index contributed by atoms with van der Waals surface area (Å²) in [5.74, 6) is -0.182. The highest BCUT2D eigenvalue weighted by molar-refractivity contribution is 7.92. The van der Waals surface area contributed by atoms with E-state index in [1.807, 2.05) is 13.0 Å². The molecule has 152 valence electrons. The van der Waals surface area contributed by atoms with Crippen molar-refractivity contribution in [2.45, 2.75) is 18.7 Å². The summed E-state index contributed by atoms with van der Waals surface area (Å²) in [6, 6.07) is 18.2. The first-order valence-corrected chi connectivity index (χ1v) is 10.7. The fourth-order valence-corrected chi connectivity index (χ4v) is 3.88. The van der Waals surface area contributed by atoms with Crippen LogP contribution in [-0.2, 0) is 10.0 Å². The maximum atomic E-state index is 14.0. The van der Waals surface area contributed by atoms with Crippen LogP contribution in [0.3, 0.4) is 0 Å². The summed E-state index contributed by atoms with van der Waals surface area (Å²) in [5.41, 5.74) is 2.98. The van der Waals surface area contributed by atoms with E-state index in [-0.39, 0.29) is 22.3 Å². The van der Waals surface area contributed by atoms with Gasteiger partial charge in [-0.15, -0.1) is 0 Å². The zero-order valence-electron chi connectivity index (χ0n) is 16.3. The molecule has 6 nitrogen and oxygen atoms in total. The van der Waals surface area contributed by atoms with Gasteiger partial charge in [-0.1, -0.05) is 35.9 Å². The molecule has 0 saturated carbocycles.